The lowest BCUT2D eigenvalue weighted by Crippen LogP contribution is -2.39. The minimum absolute atomic E-state index is 0.00973. The molecule has 1 aliphatic rings. The maximum absolute atomic E-state index is 12.4. The molecule has 1 aliphatic heterocycles. The molecular weight excluding hydrogens is 252 g/mol. The van der Waals surface area contributed by atoms with Gasteiger partial charge in [-0.2, -0.15) is 0 Å². The first-order chi connectivity index (χ1) is 9.70. The summed E-state index contributed by atoms with van der Waals surface area (Å²) in [5, 5.41) is 6.45. The Bertz CT molecular complexity index is 454. The fraction of sp³-hybridized carbons (Fsp3) is 0.562. The summed E-state index contributed by atoms with van der Waals surface area (Å²) < 4.78 is 5.32. The molecule has 2 rings (SSSR count). The molecule has 0 radical (unpaired) electrons. The highest BCUT2D eigenvalue weighted by molar-refractivity contribution is 5.99. The SMILES string of the molecule is CCCNc1cc(C)ccc1C(=O)NC1CCOCC1. The van der Waals surface area contributed by atoms with Crippen molar-refractivity contribution < 1.29 is 9.53 Å². The van der Waals surface area contributed by atoms with Gasteiger partial charge in [0.15, 0.2) is 0 Å². The maximum Gasteiger partial charge on any atom is 0.253 e. The minimum Gasteiger partial charge on any atom is -0.384 e. The van der Waals surface area contributed by atoms with Gasteiger partial charge in [0.1, 0.15) is 0 Å². The normalized spacial score (nSPS) is 15.9. The van der Waals surface area contributed by atoms with E-state index in [1.807, 2.05) is 25.1 Å². The molecule has 0 unspecified atom stereocenters. The molecule has 20 heavy (non-hydrogen) atoms. The van der Waals surface area contributed by atoms with Crippen molar-refractivity contribution in [2.75, 3.05) is 25.1 Å². The number of aryl methyl sites for hydroxylation is 1. The minimum atomic E-state index is 0.00973. The number of carbonyl (C=O) groups excluding carboxylic acids is 1. The van der Waals surface area contributed by atoms with E-state index in [-0.39, 0.29) is 11.9 Å². The molecule has 0 saturated carbocycles. The summed E-state index contributed by atoms with van der Waals surface area (Å²) in [6.07, 6.45) is 2.83. The highest BCUT2D eigenvalue weighted by atomic mass is 16.5. The van der Waals surface area contributed by atoms with Crippen LogP contribution in [0.3, 0.4) is 0 Å². The van der Waals surface area contributed by atoms with E-state index in [0.29, 0.717) is 0 Å². The number of hydrogen-bond donors (Lipinski definition) is 2. The van der Waals surface area contributed by atoms with Gasteiger partial charge in [0.25, 0.3) is 5.91 Å². The van der Waals surface area contributed by atoms with Crippen LogP contribution in [0.15, 0.2) is 18.2 Å². The summed E-state index contributed by atoms with van der Waals surface area (Å²) in [5.74, 6) is 0.00973. The highest BCUT2D eigenvalue weighted by Gasteiger charge is 2.18. The number of benzene rings is 1. The number of rotatable bonds is 5. The van der Waals surface area contributed by atoms with Crippen LogP contribution in [0, 0.1) is 6.92 Å². The van der Waals surface area contributed by atoms with Crippen LogP contribution >= 0.6 is 0 Å². The molecule has 0 spiro atoms. The van der Waals surface area contributed by atoms with Gasteiger partial charge in [0, 0.05) is 31.5 Å². The molecule has 1 aromatic carbocycles. The number of ether oxygens (including phenoxy) is 1. The molecule has 0 aliphatic carbocycles. The Labute approximate surface area is 120 Å². The lowest BCUT2D eigenvalue weighted by atomic mass is 10.1. The van der Waals surface area contributed by atoms with Gasteiger partial charge in [-0.25, -0.2) is 0 Å². The fourth-order valence-electron chi connectivity index (χ4n) is 2.37. The summed E-state index contributed by atoms with van der Waals surface area (Å²) in [6, 6.07) is 6.16. The molecule has 1 heterocycles. The first-order valence-corrected chi connectivity index (χ1v) is 7.44. The first kappa shape index (κ1) is 14.9. The third-order valence-corrected chi connectivity index (χ3v) is 3.54. The maximum atomic E-state index is 12.4. The summed E-state index contributed by atoms with van der Waals surface area (Å²) >= 11 is 0. The predicted octanol–water partition coefficient (Wildman–Crippen LogP) is 2.73. The second-order valence-electron chi connectivity index (χ2n) is 5.34. The summed E-state index contributed by atoms with van der Waals surface area (Å²) in [6.45, 7) is 6.50. The van der Waals surface area contributed by atoms with Crippen LogP contribution < -0.4 is 10.6 Å². The van der Waals surface area contributed by atoms with E-state index in [1.54, 1.807) is 0 Å². The van der Waals surface area contributed by atoms with Crippen molar-refractivity contribution in [3.63, 3.8) is 0 Å². The smallest absolute Gasteiger partial charge is 0.253 e. The molecule has 1 aromatic rings. The van der Waals surface area contributed by atoms with Crippen molar-refractivity contribution in [1.29, 1.82) is 0 Å². The molecule has 1 fully saturated rings. The van der Waals surface area contributed by atoms with E-state index in [0.717, 1.165) is 55.8 Å². The van der Waals surface area contributed by atoms with Gasteiger partial charge in [-0.15, -0.1) is 0 Å². The Morgan fingerprint density at radius 3 is 2.80 bits per heavy atom. The Balaban J connectivity index is 2.07. The van der Waals surface area contributed by atoms with Crippen LogP contribution in [0.1, 0.15) is 42.1 Å². The van der Waals surface area contributed by atoms with E-state index < -0.39 is 0 Å². The van der Waals surface area contributed by atoms with E-state index in [4.69, 9.17) is 4.74 Å². The van der Waals surface area contributed by atoms with Gasteiger partial charge in [0.2, 0.25) is 0 Å². The lowest BCUT2D eigenvalue weighted by molar-refractivity contribution is 0.0697. The van der Waals surface area contributed by atoms with Crippen LogP contribution in [0.2, 0.25) is 0 Å². The second-order valence-corrected chi connectivity index (χ2v) is 5.34. The summed E-state index contributed by atoms with van der Waals surface area (Å²) in [5.41, 5.74) is 2.82. The third-order valence-electron chi connectivity index (χ3n) is 3.54. The highest BCUT2D eigenvalue weighted by Crippen LogP contribution is 2.18. The zero-order valence-corrected chi connectivity index (χ0v) is 12.4. The van der Waals surface area contributed by atoms with Gasteiger partial charge < -0.3 is 15.4 Å². The first-order valence-electron chi connectivity index (χ1n) is 7.44. The molecule has 0 aromatic heterocycles. The molecule has 0 atom stereocenters. The van der Waals surface area contributed by atoms with Crippen LogP contribution in [0.4, 0.5) is 5.69 Å². The number of amides is 1. The molecule has 2 N–H and O–H groups in total. The van der Waals surface area contributed by atoms with Crippen LogP contribution in [0.25, 0.3) is 0 Å². The van der Waals surface area contributed by atoms with Crippen molar-refractivity contribution in [2.24, 2.45) is 0 Å². The summed E-state index contributed by atoms with van der Waals surface area (Å²) in [7, 11) is 0. The monoisotopic (exact) mass is 276 g/mol. The molecule has 4 nitrogen and oxygen atoms in total. The van der Waals surface area contributed by atoms with E-state index in [1.165, 1.54) is 0 Å². The fourth-order valence-corrected chi connectivity index (χ4v) is 2.37. The van der Waals surface area contributed by atoms with Crippen LogP contribution in [-0.2, 0) is 4.74 Å². The molecule has 4 heteroatoms. The van der Waals surface area contributed by atoms with E-state index in [9.17, 15) is 4.79 Å². The molecule has 1 amide bonds. The van der Waals surface area contributed by atoms with E-state index >= 15 is 0 Å². The number of nitrogens with one attached hydrogen (secondary N) is 2. The van der Waals surface area contributed by atoms with Gasteiger partial charge >= 0.3 is 0 Å². The lowest BCUT2D eigenvalue weighted by Gasteiger charge is -2.23. The van der Waals surface area contributed by atoms with E-state index in [2.05, 4.69) is 17.6 Å². The van der Waals surface area contributed by atoms with Crippen LogP contribution in [-0.4, -0.2) is 31.7 Å². The molecule has 110 valence electrons. The summed E-state index contributed by atoms with van der Waals surface area (Å²) in [4.78, 5) is 12.4. The molecular formula is C16H24N2O2. The number of anilines is 1. The number of carbonyl (C=O) groups is 1. The molecule has 0 bridgehead atoms. The zero-order valence-electron chi connectivity index (χ0n) is 12.4. The van der Waals surface area contributed by atoms with Gasteiger partial charge in [0.05, 0.1) is 5.56 Å². The van der Waals surface area contributed by atoms with Crippen molar-refractivity contribution >= 4 is 11.6 Å². The largest absolute Gasteiger partial charge is 0.384 e. The van der Waals surface area contributed by atoms with Crippen molar-refractivity contribution in [3.05, 3.63) is 29.3 Å². The van der Waals surface area contributed by atoms with Gasteiger partial charge in [-0.05, 0) is 43.9 Å². The average Bonchev–Trinajstić information content (AvgIpc) is 2.46. The standard InChI is InChI=1S/C16H24N2O2/c1-3-8-17-15-11-12(2)4-5-14(15)16(19)18-13-6-9-20-10-7-13/h4-5,11,13,17H,3,6-10H2,1-2H3,(H,18,19). The second kappa shape index (κ2) is 7.29. The Morgan fingerprint density at radius 2 is 2.10 bits per heavy atom. The van der Waals surface area contributed by atoms with Crippen molar-refractivity contribution in [1.82, 2.24) is 5.32 Å². The van der Waals surface area contributed by atoms with Gasteiger partial charge in [-0.3, -0.25) is 4.79 Å². The topological polar surface area (TPSA) is 50.4 Å². The van der Waals surface area contributed by atoms with Crippen molar-refractivity contribution in [2.45, 2.75) is 39.2 Å². The molecule has 1 saturated heterocycles. The average molecular weight is 276 g/mol. The number of hydrogen-bond acceptors (Lipinski definition) is 3. The van der Waals surface area contributed by atoms with Crippen molar-refractivity contribution in [3.8, 4) is 0 Å². The van der Waals surface area contributed by atoms with Gasteiger partial charge in [-0.1, -0.05) is 13.0 Å². The Morgan fingerprint density at radius 1 is 1.35 bits per heavy atom. The Kier molecular flexibility index (Phi) is 5.41. The van der Waals surface area contributed by atoms with Crippen LogP contribution in [0.5, 0.6) is 0 Å². The predicted molar refractivity (Wildman–Crippen MR) is 81.3 cm³/mol. The zero-order chi connectivity index (χ0) is 14.4. The third kappa shape index (κ3) is 3.97. The quantitative estimate of drug-likeness (QED) is 0.869. The Hall–Kier alpha value is -1.55.